The van der Waals surface area contributed by atoms with Crippen LogP contribution in [-0.2, 0) is 0 Å². The van der Waals surface area contributed by atoms with Gasteiger partial charge in [-0.3, -0.25) is 15.2 Å². The lowest BCUT2D eigenvalue weighted by atomic mass is 9.81. The van der Waals surface area contributed by atoms with Crippen molar-refractivity contribution in [3.8, 4) is 11.8 Å². The summed E-state index contributed by atoms with van der Waals surface area (Å²) in [5.74, 6) is 0.461. The number of aromatic nitrogens is 2. The van der Waals surface area contributed by atoms with E-state index in [9.17, 15) is 15.4 Å². The van der Waals surface area contributed by atoms with Crippen LogP contribution >= 0.6 is 0 Å². The van der Waals surface area contributed by atoms with Crippen molar-refractivity contribution in [2.75, 3.05) is 12.4 Å². The number of H-pyrrole nitrogens is 1. The van der Waals surface area contributed by atoms with Gasteiger partial charge in [-0.05, 0) is 12.1 Å². The number of benzene rings is 2. The SMILES string of the molecule is COc1ccccc1C1=C(C#N)C(c2ccccc2[N+](=O)[O-])c2c[nH]nc2N1. The molecule has 2 heterocycles. The summed E-state index contributed by atoms with van der Waals surface area (Å²) in [5, 5.41) is 31.8. The molecule has 0 saturated heterocycles. The van der Waals surface area contributed by atoms with E-state index in [-0.39, 0.29) is 5.69 Å². The van der Waals surface area contributed by atoms with Crippen LogP contribution in [0.4, 0.5) is 11.5 Å². The predicted octanol–water partition coefficient (Wildman–Crippen LogP) is 3.82. The molecule has 1 aliphatic heterocycles. The van der Waals surface area contributed by atoms with E-state index >= 15 is 0 Å². The third kappa shape index (κ3) is 2.66. The summed E-state index contributed by atoms with van der Waals surface area (Å²) in [5.41, 5.74) is 2.60. The molecule has 2 N–H and O–H groups in total. The zero-order valence-electron chi connectivity index (χ0n) is 14.8. The van der Waals surface area contributed by atoms with Gasteiger partial charge in [0.2, 0.25) is 0 Å². The molecule has 2 aromatic carbocycles. The van der Waals surface area contributed by atoms with Gasteiger partial charge in [-0.2, -0.15) is 10.4 Å². The first-order valence-electron chi connectivity index (χ1n) is 8.47. The van der Waals surface area contributed by atoms with E-state index in [2.05, 4.69) is 21.6 Å². The molecule has 0 fully saturated rings. The molecule has 1 aromatic heterocycles. The molecule has 1 unspecified atom stereocenters. The predicted molar refractivity (Wildman–Crippen MR) is 103 cm³/mol. The minimum atomic E-state index is -0.637. The van der Waals surface area contributed by atoms with Gasteiger partial charge in [0.1, 0.15) is 5.75 Å². The molecule has 0 aliphatic carbocycles. The third-order valence-corrected chi connectivity index (χ3v) is 4.72. The second-order valence-electron chi connectivity index (χ2n) is 6.16. The van der Waals surface area contributed by atoms with Gasteiger partial charge < -0.3 is 10.1 Å². The van der Waals surface area contributed by atoms with Crippen LogP contribution in [0.5, 0.6) is 5.75 Å². The lowest BCUT2D eigenvalue weighted by Gasteiger charge is -2.26. The molecule has 3 aromatic rings. The number of nitro benzene ring substituents is 1. The maximum atomic E-state index is 11.6. The second-order valence-corrected chi connectivity index (χ2v) is 6.16. The van der Waals surface area contributed by atoms with E-state index in [1.807, 2.05) is 18.2 Å². The van der Waals surface area contributed by atoms with E-state index < -0.39 is 10.8 Å². The first kappa shape index (κ1) is 17.3. The summed E-state index contributed by atoms with van der Waals surface area (Å²) >= 11 is 0. The second kappa shape index (κ2) is 6.89. The Labute approximate surface area is 160 Å². The zero-order valence-corrected chi connectivity index (χ0v) is 14.8. The summed E-state index contributed by atoms with van der Waals surface area (Å²) in [4.78, 5) is 11.2. The van der Waals surface area contributed by atoms with Crippen LogP contribution in [0.25, 0.3) is 5.70 Å². The van der Waals surface area contributed by atoms with Crippen LogP contribution < -0.4 is 10.1 Å². The number of methoxy groups -OCH3 is 1. The van der Waals surface area contributed by atoms with Gasteiger partial charge in [0, 0.05) is 29.0 Å². The number of rotatable bonds is 4. The van der Waals surface area contributed by atoms with E-state index in [4.69, 9.17) is 4.74 Å². The topological polar surface area (TPSA) is 117 Å². The third-order valence-electron chi connectivity index (χ3n) is 4.72. The quantitative estimate of drug-likeness (QED) is 0.530. The van der Waals surface area contributed by atoms with E-state index in [0.29, 0.717) is 39.5 Å². The standard InChI is InChI=1S/C20H15N5O3/c1-28-17-9-5-3-7-13(17)19-14(10-21)18(15-11-22-24-20(15)23-19)12-6-2-4-8-16(12)25(26)27/h2-9,11,18H,1H3,(H2,22,23,24). The molecule has 8 nitrogen and oxygen atoms in total. The van der Waals surface area contributed by atoms with E-state index in [1.165, 1.54) is 6.07 Å². The Kier molecular flexibility index (Phi) is 4.26. The number of nitrogens with one attached hydrogen (secondary N) is 2. The van der Waals surface area contributed by atoms with Crippen LogP contribution in [0.3, 0.4) is 0 Å². The number of anilines is 1. The maximum absolute atomic E-state index is 11.6. The molecule has 8 heteroatoms. The molecular weight excluding hydrogens is 358 g/mol. The number of nitrogens with zero attached hydrogens (tertiary/aromatic N) is 3. The Morgan fingerprint density at radius 3 is 2.68 bits per heavy atom. The Balaban J connectivity index is 2.01. The van der Waals surface area contributed by atoms with Crippen molar-refractivity contribution in [1.82, 2.24) is 10.2 Å². The number of hydrogen-bond acceptors (Lipinski definition) is 6. The lowest BCUT2D eigenvalue weighted by Crippen LogP contribution is -2.18. The summed E-state index contributed by atoms with van der Waals surface area (Å²) in [6.07, 6.45) is 1.65. The van der Waals surface area contributed by atoms with Crippen molar-refractivity contribution in [3.05, 3.63) is 87.1 Å². The highest BCUT2D eigenvalue weighted by Gasteiger charge is 2.36. The summed E-state index contributed by atoms with van der Waals surface area (Å²) < 4.78 is 5.44. The number of ether oxygens (including phenoxy) is 1. The molecule has 0 radical (unpaired) electrons. The average molecular weight is 373 g/mol. The molecule has 0 bridgehead atoms. The highest BCUT2D eigenvalue weighted by Crippen LogP contribution is 2.46. The number of para-hydroxylation sites is 2. The van der Waals surface area contributed by atoms with E-state index in [0.717, 1.165) is 0 Å². The maximum Gasteiger partial charge on any atom is 0.273 e. The van der Waals surface area contributed by atoms with Gasteiger partial charge in [-0.15, -0.1) is 0 Å². The van der Waals surface area contributed by atoms with Gasteiger partial charge >= 0.3 is 0 Å². The molecule has 1 aliphatic rings. The van der Waals surface area contributed by atoms with Gasteiger partial charge in [0.25, 0.3) is 5.69 Å². The van der Waals surface area contributed by atoms with Crippen molar-refractivity contribution in [1.29, 1.82) is 5.26 Å². The largest absolute Gasteiger partial charge is 0.496 e. The van der Waals surface area contributed by atoms with Crippen LogP contribution in [-0.4, -0.2) is 22.2 Å². The van der Waals surface area contributed by atoms with Crippen LogP contribution in [0.15, 0.2) is 60.3 Å². The summed E-state index contributed by atoms with van der Waals surface area (Å²) in [6, 6.07) is 16.0. The fourth-order valence-electron chi connectivity index (χ4n) is 3.51. The number of allylic oxidation sites excluding steroid dienone is 1. The molecule has 0 saturated carbocycles. The minimum absolute atomic E-state index is 0.0475. The Morgan fingerprint density at radius 2 is 1.93 bits per heavy atom. The van der Waals surface area contributed by atoms with Crippen LogP contribution in [0, 0.1) is 21.4 Å². The first-order valence-corrected chi connectivity index (χ1v) is 8.47. The summed E-state index contributed by atoms with van der Waals surface area (Å²) in [6.45, 7) is 0. The zero-order chi connectivity index (χ0) is 19.7. The molecule has 0 spiro atoms. The van der Waals surface area contributed by atoms with Crippen molar-refractivity contribution >= 4 is 17.2 Å². The molecule has 138 valence electrons. The van der Waals surface area contributed by atoms with Crippen molar-refractivity contribution in [3.63, 3.8) is 0 Å². The Hall–Kier alpha value is -4.12. The monoisotopic (exact) mass is 373 g/mol. The van der Waals surface area contributed by atoms with Crippen LogP contribution in [0.1, 0.15) is 22.6 Å². The van der Waals surface area contributed by atoms with Gasteiger partial charge in [-0.1, -0.05) is 30.3 Å². The minimum Gasteiger partial charge on any atom is -0.496 e. The Morgan fingerprint density at radius 1 is 1.18 bits per heavy atom. The number of nitro groups is 1. The molecule has 0 amide bonds. The van der Waals surface area contributed by atoms with Crippen molar-refractivity contribution < 1.29 is 9.66 Å². The number of fused-ring (bicyclic) bond motifs is 1. The fourth-order valence-corrected chi connectivity index (χ4v) is 3.51. The molecule has 28 heavy (non-hydrogen) atoms. The fraction of sp³-hybridized carbons (Fsp3) is 0.100. The average Bonchev–Trinajstić information content (AvgIpc) is 3.20. The number of aromatic amines is 1. The molecule has 4 rings (SSSR count). The van der Waals surface area contributed by atoms with E-state index in [1.54, 1.807) is 37.6 Å². The Bertz CT molecular complexity index is 1140. The van der Waals surface area contributed by atoms with Gasteiger partial charge in [0.05, 0.1) is 35.3 Å². The number of nitriles is 1. The lowest BCUT2D eigenvalue weighted by molar-refractivity contribution is -0.385. The normalized spacial score (nSPS) is 15.4. The highest BCUT2D eigenvalue weighted by molar-refractivity contribution is 5.88. The van der Waals surface area contributed by atoms with Crippen molar-refractivity contribution in [2.45, 2.75) is 5.92 Å². The van der Waals surface area contributed by atoms with Crippen LogP contribution in [0.2, 0.25) is 0 Å². The number of hydrogen-bond donors (Lipinski definition) is 2. The molecular formula is C20H15N5O3. The summed E-state index contributed by atoms with van der Waals surface area (Å²) in [7, 11) is 1.55. The van der Waals surface area contributed by atoms with Gasteiger partial charge in [0.15, 0.2) is 5.82 Å². The van der Waals surface area contributed by atoms with Gasteiger partial charge in [-0.25, -0.2) is 0 Å². The highest BCUT2D eigenvalue weighted by atomic mass is 16.6. The van der Waals surface area contributed by atoms with Crippen molar-refractivity contribution in [2.24, 2.45) is 0 Å². The smallest absolute Gasteiger partial charge is 0.273 e. The molecule has 1 atom stereocenters. The first-order chi connectivity index (χ1) is 13.7.